The zero-order chi connectivity index (χ0) is 19.8. The van der Waals surface area contributed by atoms with E-state index in [1.54, 1.807) is 17.5 Å². The van der Waals surface area contributed by atoms with E-state index in [2.05, 4.69) is 31.5 Å². The molecule has 0 atom stereocenters. The van der Waals surface area contributed by atoms with Gasteiger partial charge in [-0.3, -0.25) is 9.78 Å². The largest absolute Gasteiger partial charge is 0.424 e. The Bertz CT molecular complexity index is 1180. The van der Waals surface area contributed by atoms with Gasteiger partial charge in [-0.1, -0.05) is 12.1 Å². The number of amides is 1. The van der Waals surface area contributed by atoms with Crippen LogP contribution in [0.1, 0.15) is 29.6 Å². The molecule has 1 fully saturated rings. The van der Waals surface area contributed by atoms with E-state index in [9.17, 15) is 4.79 Å². The fourth-order valence-electron chi connectivity index (χ4n) is 3.04. The van der Waals surface area contributed by atoms with Crippen molar-refractivity contribution in [1.29, 1.82) is 0 Å². The highest BCUT2D eigenvalue weighted by atomic mass is 32.1. The first-order valence-electron chi connectivity index (χ1n) is 9.27. The monoisotopic (exact) mass is 406 g/mol. The van der Waals surface area contributed by atoms with E-state index in [1.807, 2.05) is 30.5 Å². The number of nitrogens with two attached hydrogens (primary N) is 1. The van der Waals surface area contributed by atoms with E-state index >= 15 is 0 Å². The lowest BCUT2D eigenvalue weighted by Gasteiger charge is -2.09. The maximum Gasteiger partial charge on any atom is 0.230 e. The summed E-state index contributed by atoms with van der Waals surface area (Å²) in [5.74, 6) is 0.512. The van der Waals surface area contributed by atoms with E-state index in [0.29, 0.717) is 12.3 Å². The average Bonchev–Trinajstić information content (AvgIpc) is 3.10. The molecule has 1 aromatic carbocycles. The molecule has 3 aromatic heterocycles. The molecular formula is C20H18N6O2S. The van der Waals surface area contributed by atoms with Crippen molar-refractivity contribution < 1.29 is 9.21 Å². The first kappa shape index (κ1) is 17.9. The molecule has 4 aromatic rings. The smallest absolute Gasteiger partial charge is 0.230 e. The molecule has 1 aliphatic carbocycles. The quantitative estimate of drug-likeness (QED) is 0.472. The van der Waals surface area contributed by atoms with Crippen LogP contribution >= 0.6 is 11.3 Å². The van der Waals surface area contributed by atoms with Gasteiger partial charge in [-0.15, -0.1) is 21.5 Å². The number of nitrogens with one attached hydrogen (secondary N) is 1. The van der Waals surface area contributed by atoms with Crippen LogP contribution < -0.4 is 11.1 Å². The number of nitrogens with zero attached hydrogens (tertiary/aromatic N) is 4. The third kappa shape index (κ3) is 4.01. The van der Waals surface area contributed by atoms with Gasteiger partial charge in [-0.25, -0.2) is 4.98 Å². The summed E-state index contributed by atoms with van der Waals surface area (Å²) in [5, 5.41) is 11.7. The van der Waals surface area contributed by atoms with Crippen molar-refractivity contribution in [3.05, 3.63) is 59.5 Å². The molecule has 3 N–H and O–H groups in total. The molecular weight excluding hydrogens is 388 g/mol. The molecule has 0 aliphatic heterocycles. The number of pyridine rings is 1. The van der Waals surface area contributed by atoms with Crippen molar-refractivity contribution >= 4 is 27.5 Å². The lowest BCUT2D eigenvalue weighted by atomic mass is 10.1. The highest BCUT2D eigenvalue weighted by Crippen LogP contribution is 2.29. The Hall–Kier alpha value is -3.17. The second-order valence-electron chi connectivity index (χ2n) is 7.18. The number of benzene rings is 1. The van der Waals surface area contributed by atoms with Gasteiger partial charge < -0.3 is 15.5 Å². The predicted octanol–water partition coefficient (Wildman–Crippen LogP) is 2.44. The van der Waals surface area contributed by atoms with Gasteiger partial charge in [0.1, 0.15) is 11.4 Å². The van der Waals surface area contributed by atoms with Gasteiger partial charge in [0.15, 0.2) is 0 Å². The molecule has 1 amide bonds. The van der Waals surface area contributed by atoms with Crippen molar-refractivity contribution in [2.75, 3.05) is 0 Å². The van der Waals surface area contributed by atoms with E-state index in [4.69, 9.17) is 10.2 Å². The first-order chi connectivity index (χ1) is 14.1. The van der Waals surface area contributed by atoms with Crippen LogP contribution in [0, 0.1) is 0 Å². The summed E-state index contributed by atoms with van der Waals surface area (Å²) in [7, 11) is 0. The summed E-state index contributed by atoms with van der Waals surface area (Å²) in [6, 6.07) is 10.1. The minimum absolute atomic E-state index is 0.0280. The number of hydrogen-bond acceptors (Lipinski definition) is 8. The number of thiazole rings is 1. The van der Waals surface area contributed by atoms with Gasteiger partial charge in [0.05, 0.1) is 22.3 Å². The van der Waals surface area contributed by atoms with Gasteiger partial charge >= 0.3 is 0 Å². The van der Waals surface area contributed by atoms with Crippen LogP contribution in [-0.2, 0) is 17.6 Å². The maximum absolute atomic E-state index is 12.0. The zero-order valence-corrected chi connectivity index (χ0v) is 16.3. The summed E-state index contributed by atoms with van der Waals surface area (Å²) in [6.45, 7) is 0. The SMILES string of the molecule is NC1(NC(=O)Cc2nnc(Cc3nc4ccc(-c5cccnc5)cc4s3)o2)CC1. The normalized spacial score (nSPS) is 14.8. The van der Waals surface area contributed by atoms with Crippen molar-refractivity contribution in [1.82, 2.24) is 25.5 Å². The maximum atomic E-state index is 12.0. The molecule has 0 radical (unpaired) electrons. The van der Waals surface area contributed by atoms with Crippen LogP contribution in [0.2, 0.25) is 0 Å². The lowest BCUT2D eigenvalue weighted by molar-refractivity contribution is -0.121. The van der Waals surface area contributed by atoms with Crippen LogP contribution in [-0.4, -0.2) is 31.7 Å². The van der Waals surface area contributed by atoms with E-state index in [1.165, 1.54) is 0 Å². The fraction of sp³-hybridized carbons (Fsp3) is 0.250. The predicted molar refractivity (Wildman–Crippen MR) is 108 cm³/mol. The lowest BCUT2D eigenvalue weighted by Crippen LogP contribution is -2.44. The molecule has 0 unspecified atom stereocenters. The van der Waals surface area contributed by atoms with Crippen LogP contribution in [0.15, 0.2) is 47.1 Å². The number of aromatic nitrogens is 4. The number of carbonyl (C=O) groups excluding carboxylic acids is 1. The topological polar surface area (TPSA) is 120 Å². The minimum Gasteiger partial charge on any atom is -0.424 e. The fourth-order valence-corrected chi connectivity index (χ4v) is 4.04. The molecule has 0 spiro atoms. The Morgan fingerprint density at radius 3 is 2.86 bits per heavy atom. The van der Waals surface area contributed by atoms with E-state index in [0.717, 1.165) is 39.2 Å². The van der Waals surface area contributed by atoms with Crippen LogP contribution in [0.25, 0.3) is 21.3 Å². The van der Waals surface area contributed by atoms with Gasteiger partial charge in [-0.05, 0) is 36.6 Å². The highest BCUT2D eigenvalue weighted by Gasteiger charge is 2.39. The molecule has 5 rings (SSSR count). The Balaban J connectivity index is 1.29. The number of carbonyl (C=O) groups is 1. The van der Waals surface area contributed by atoms with Gasteiger partial charge in [0.2, 0.25) is 17.7 Å². The Morgan fingerprint density at radius 1 is 1.21 bits per heavy atom. The average molecular weight is 406 g/mol. The standard InChI is InChI=1S/C20H18N6O2S/c21-20(5-6-20)24-16(27)9-17-25-26-18(28-17)10-19-23-14-4-3-12(8-15(14)29-19)13-2-1-7-22-11-13/h1-4,7-8,11H,5-6,9-10,21H2,(H,24,27). The van der Waals surface area contributed by atoms with Gasteiger partial charge in [-0.2, -0.15) is 0 Å². The Morgan fingerprint density at radius 2 is 2.07 bits per heavy atom. The molecule has 1 saturated carbocycles. The molecule has 0 saturated heterocycles. The Kier molecular flexibility index (Phi) is 4.33. The summed E-state index contributed by atoms with van der Waals surface area (Å²) >= 11 is 1.59. The Labute approximate surface area is 170 Å². The van der Waals surface area contributed by atoms with Crippen molar-refractivity contribution in [2.45, 2.75) is 31.3 Å². The van der Waals surface area contributed by atoms with Crippen molar-refractivity contribution in [3.8, 4) is 11.1 Å². The van der Waals surface area contributed by atoms with E-state index < -0.39 is 5.66 Å². The molecule has 8 nitrogen and oxygen atoms in total. The van der Waals surface area contributed by atoms with Crippen LogP contribution in [0.3, 0.4) is 0 Å². The first-order valence-corrected chi connectivity index (χ1v) is 10.1. The summed E-state index contributed by atoms with van der Waals surface area (Å²) in [6.07, 6.45) is 5.66. The summed E-state index contributed by atoms with van der Waals surface area (Å²) in [4.78, 5) is 20.8. The summed E-state index contributed by atoms with van der Waals surface area (Å²) < 4.78 is 6.70. The minimum atomic E-state index is -0.546. The number of fused-ring (bicyclic) bond motifs is 1. The number of hydrogen-bond donors (Lipinski definition) is 2. The summed E-state index contributed by atoms with van der Waals surface area (Å²) in [5.41, 5.74) is 8.43. The molecule has 1 aliphatic rings. The van der Waals surface area contributed by atoms with Crippen LogP contribution in [0.4, 0.5) is 0 Å². The molecule has 3 heterocycles. The molecule has 9 heteroatoms. The highest BCUT2D eigenvalue weighted by molar-refractivity contribution is 7.18. The van der Waals surface area contributed by atoms with Gasteiger partial charge in [0.25, 0.3) is 0 Å². The van der Waals surface area contributed by atoms with Crippen LogP contribution in [0.5, 0.6) is 0 Å². The molecule has 0 bridgehead atoms. The second kappa shape index (κ2) is 7.02. The molecule has 146 valence electrons. The second-order valence-corrected chi connectivity index (χ2v) is 8.29. The third-order valence-electron chi connectivity index (χ3n) is 4.73. The van der Waals surface area contributed by atoms with E-state index in [-0.39, 0.29) is 18.2 Å². The molecule has 29 heavy (non-hydrogen) atoms. The van der Waals surface area contributed by atoms with Crippen molar-refractivity contribution in [3.63, 3.8) is 0 Å². The van der Waals surface area contributed by atoms with Crippen molar-refractivity contribution in [2.24, 2.45) is 5.73 Å². The number of rotatable bonds is 6. The van der Waals surface area contributed by atoms with Gasteiger partial charge in [0, 0.05) is 18.0 Å². The third-order valence-corrected chi connectivity index (χ3v) is 5.75. The zero-order valence-electron chi connectivity index (χ0n) is 15.5.